The molecule has 0 unspecified atom stereocenters. The first-order chi connectivity index (χ1) is 7.74. The summed E-state index contributed by atoms with van der Waals surface area (Å²) in [4.78, 5) is 11.6. The number of nitriles is 1. The second-order valence-corrected chi connectivity index (χ2v) is 3.06. The molecule has 0 aliphatic carbocycles. The third kappa shape index (κ3) is 1.78. The van der Waals surface area contributed by atoms with E-state index in [1.165, 1.54) is 24.3 Å². The fourth-order valence-electron chi connectivity index (χ4n) is 1.02. The van der Waals surface area contributed by atoms with E-state index in [0.29, 0.717) is 5.82 Å². The van der Waals surface area contributed by atoms with Gasteiger partial charge in [-0.3, -0.25) is 0 Å². The molecule has 80 valence electrons. The van der Waals surface area contributed by atoms with Crippen LogP contribution in [0.25, 0.3) is 5.82 Å². The first kappa shape index (κ1) is 10.3. The highest BCUT2D eigenvalue weighted by molar-refractivity contribution is 6.32. The van der Waals surface area contributed by atoms with E-state index < -0.39 is 0 Å². The van der Waals surface area contributed by atoms with Crippen LogP contribution in [0.3, 0.4) is 0 Å². The zero-order valence-corrected chi connectivity index (χ0v) is 8.88. The highest BCUT2D eigenvalue weighted by Crippen LogP contribution is 2.18. The number of methoxy groups -OCH3 is 1. The third-order valence-corrected chi connectivity index (χ3v) is 1.96. The van der Waals surface area contributed by atoms with Crippen molar-refractivity contribution in [2.24, 2.45) is 0 Å². The van der Waals surface area contributed by atoms with Crippen LogP contribution in [0.2, 0.25) is 5.02 Å². The van der Waals surface area contributed by atoms with E-state index in [9.17, 15) is 0 Å². The maximum Gasteiger partial charge on any atom is 0.318 e. The molecular weight excluding hydrogens is 232 g/mol. The molecule has 0 amide bonds. The minimum atomic E-state index is 0.0358. The van der Waals surface area contributed by atoms with Crippen LogP contribution in [0.15, 0.2) is 12.5 Å². The quantitative estimate of drug-likeness (QED) is 0.758. The molecule has 0 N–H and O–H groups in total. The van der Waals surface area contributed by atoms with Gasteiger partial charge >= 0.3 is 6.01 Å². The van der Waals surface area contributed by atoms with Crippen molar-refractivity contribution < 1.29 is 4.74 Å². The molecule has 0 bridgehead atoms. The maximum atomic E-state index is 8.59. The van der Waals surface area contributed by atoms with E-state index in [4.69, 9.17) is 21.6 Å². The van der Waals surface area contributed by atoms with Gasteiger partial charge in [0.2, 0.25) is 0 Å². The molecular formula is C8H5ClN6O. The standard InChI is InChI=1S/C8H5ClN6O/c1-16-8-11-3-5(9)7(13-8)15-4-12-6(2-10)14-15/h3-4H,1H3. The minimum absolute atomic E-state index is 0.0358. The molecule has 0 atom stereocenters. The van der Waals surface area contributed by atoms with Gasteiger partial charge in [-0.2, -0.15) is 14.9 Å². The number of nitrogens with zero attached hydrogens (tertiary/aromatic N) is 6. The van der Waals surface area contributed by atoms with Gasteiger partial charge in [0.25, 0.3) is 5.82 Å². The lowest BCUT2D eigenvalue weighted by Gasteiger charge is -2.03. The third-order valence-electron chi connectivity index (χ3n) is 1.69. The predicted octanol–water partition coefficient (Wildman–Crippen LogP) is 0.591. The second kappa shape index (κ2) is 4.12. The van der Waals surface area contributed by atoms with Gasteiger partial charge in [-0.05, 0) is 0 Å². The summed E-state index contributed by atoms with van der Waals surface area (Å²) in [7, 11) is 1.44. The lowest BCUT2D eigenvalue weighted by atomic mass is 10.6. The Kier molecular flexibility index (Phi) is 2.66. The predicted molar refractivity (Wildman–Crippen MR) is 53.2 cm³/mol. The SMILES string of the molecule is COc1ncc(Cl)c(-n2cnc(C#N)n2)n1. The zero-order valence-electron chi connectivity index (χ0n) is 8.12. The molecule has 8 heteroatoms. The molecule has 0 aromatic carbocycles. The van der Waals surface area contributed by atoms with Crippen LogP contribution in [0, 0.1) is 11.3 Å². The summed E-state index contributed by atoms with van der Waals surface area (Å²) in [6.07, 6.45) is 2.72. The number of ether oxygens (including phenoxy) is 1. The Morgan fingerprint density at radius 3 is 2.94 bits per heavy atom. The molecule has 7 nitrogen and oxygen atoms in total. The lowest BCUT2D eigenvalue weighted by molar-refractivity contribution is 0.379. The maximum absolute atomic E-state index is 8.59. The molecule has 0 radical (unpaired) electrons. The van der Waals surface area contributed by atoms with E-state index in [1.807, 2.05) is 0 Å². The van der Waals surface area contributed by atoms with Crippen molar-refractivity contribution in [2.45, 2.75) is 0 Å². The first-order valence-electron chi connectivity index (χ1n) is 4.13. The highest BCUT2D eigenvalue weighted by Gasteiger charge is 2.10. The summed E-state index contributed by atoms with van der Waals surface area (Å²) in [6, 6.07) is 1.96. The average molecular weight is 237 g/mol. The summed E-state index contributed by atoms with van der Waals surface area (Å²) in [5.74, 6) is 0.344. The molecule has 2 aromatic heterocycles. The number of aromatic nitrogens is 5. The molecule has 0 aliphatic heterocycles. The van der Waals surface area contributed by atoms with Crippen molar-refractivity contribution in [1.29, 1.82) is 5.26 Å². The fraction of sp³-hybridized carbons (Fsp3) is 0.125. The minimum Gasteiger partial charge on any atom is -0.467 e. The summed E-state index contributed by atoms with van der Waals surface area (Å²) in [5, 5.41) is 12.7. The molecule has 0 fully saturated rings. The Morgan fingerprint density at radius 1 is 1.50 bits per heavy atom. The lowest BCUT2D eigenvalue weighted by Crippen LogP contribution is -2.02. The van der Waals surface area contributed by atoms with Gasteiger partial charge in [0, 0.05) is 0 Å². The molecule has 0 aliphatic rings. The second-order valence-electron chi connectivity index (χ2n) is 2.65. The van der Waals surface area contributed by atoms with Crippen LogP contribution < -0.4 is 4.74 Å². The van der Waals surface area contributed by atoms with Crippen LogP contribution in [0.4, 0.5) is 0 Å². The van der Waals surface area contributed by atoms with Gasteiger partial charge in [-0.15, -0.1) is 5.10 Å². The fourth-order valence-corrected chi connectivity index (χ4v) is 1.20. The molecule has 2 heterocycles. The highest BCUT2D eigenvalue weighted by atomic mass is 35.5. The van der Waals surface area contributed by atoms with Crippen molar-refractivity contribution in [3.8, 4) is 17.9 Å². The van der Waals surface area contributed by atoms with Crippen LogP contribution in [0.1, 0.15) is 5.82 Å². The number of rotatable bonds is 2. The van der Waals surface area contributed by atoms with Crippen LogP contribution in [0.5, 0.6) is 6.01 Å². The molecule has 2 rings (SSSR count). The van der Waals surface area contributed by atoms with Crippen molar-refractivity contribution in [3.63, 3.8) is 0 Å². The molecule has 2 aromatic rings. The summed E-state index contributed by atoms with van der Waals surface area (Å²) >= 11 is 5.89. The summed E-state index contributed by atoms with van der Waals surface area (Å²) in [5.41, 5.74) is 0. The molecule has 0 saturated heterocycles. The van der Waals surface area contributed by atoms with Gasteiger partial charge in [-0.1, -0.05) is 11.6 Å². The van der Waals surface area contributed by atoms with Crippen molar-refractivity contribution in [1.82, 2.24) is 24.7 Å². The van der Waals surface area contributed by atoms with E-state index in [1.54, 1.807) is 6.07 Å². The van der Waals surface area contributed by atoms with Crippen molar-refractivity contribution in [2.75, 3.05) is 7.11 Å². The van der Waals surface area contributed by atoms with Gasteiger partial charge < -0.3 is 4.74 Å². The molecule has 0 spiro atoms. The summed E-state index contributed by atoms with van der Waals surface area (Å²) < 4.78 is 6.14. The number of halogens is 1. The topological polar surface area (TPSA) is 89.5 Å². The van der Waals surface area contributed by atoms with E-state index >= 15 is 0 Å². The Labute approximate surface area is 95.3 Å². The first-order valence-corrected chi connectivity index (χ1v) is 4.51. The smallest absolute Gasteiger partial charge is 0.318 e. The monoisotopic (exact) mass is 236 g/mol. The van der Waals surface area contributed by atoms with E-state index in [0.717, 1.165) is 0 Å². The summed E-state index contributed by atoms with van der Waals surface area (Å²) in [6.45, 7) is 0. The van der Waals surface area contributed by atoms with Gasteiger partial charge in [0.15, 0.2) is 5.82 Å². The van der Waals surface area contributed by atoms with Crippen LogP contribution in [-0.2, 0) is 0 Å². The van der Waals surface area contributed by atoms with Crippen LogP contribution in [-0.4, -0.2) is 31.8 Å². The van der Waals surface area contributed by atoms with Crippen molar-refractivity contribution >= 4 is 11.6 Å². The van der Waals surface area contributed by atoms with Crippen LogP contribution >= 0.6 is 11.6 Å². The Bertz CT molecular complexity index is 560. The van der Waals surface area contributed by atoms with Crippen molar-refractivity contribution in [3.05, 3.63) is 23.4 Å². The molecule has 16 heavy (non-hydrogen) atoms. The van der Waals surface area contributed by atoms with E-state index in [-0.39, 0.29) is 16.9 Å². The van der Waals surface area contributed by atoms with E-state index in [2.05, 4.69) is 20.1 Å². The number of hydrogen-bond acceptors (Lipinski definition) is 6. The Morgan fingerprint density at radius 2 is 2.31 bits per heavy atom. The number of hydrogen-bond donors (Lipinski definition) is 0. The average Bonchev–Trinajstić information content (AvgIpc) is 2.78. The normalized spacial score (nSPS) is 9.81. The van der Waals surface area contributed by atoms with Gasteiger partial charge in [-0.25, -0.2) is 9.97 Å². The zero-order chi connectivity index (χ0) is 11.5. The Balaban J connectivity index is 2.50. The largest absolute Gasteiger partial charge is 0.467 e. The van der Waals surface area contributed by atoms with Gasteiger partial charge in [0.05, 0.1) is 13.3 Å². The molecule has 0 saturated carbocycles. The van der Waals surface area contributed by atoms with Gasteiger partial charge in [0.1, 0.15) is 17.4 Å². The Hall–Kier alpha value is -2.20.